The molecule has 0 amide bonds. The maximum absolute atomic E-state index is 11.2. The maximum Gasteiger partial charge on any atom is 0.328 e. The van der Waals surface area contributed by atoms with Crippen molar-refractivity contribution in [3.8, 4) is 0 Å². The predicted molar refractivity (Wildman–Crippen MR) is 70.2 cm³/mol. The van der Waals surface area contributed by atoms with Crippen LogP contribution in [-0.4, -0.2) is 66.6 Å². The van der Waals surface area contributed by atoms with Crippen LogP contribution in [0.4, 0.5) is 5.69 Å². The van der Waals surface area contributed by atoms with Crippen LogP contribution >= 0.6 is 0 Å². The quantitative estimate of drug-likeness (QED) is 0.602. The van der Waals surface area contributed by atoms with Gasteiger partial charge in [0, 0.05) is 11.9 Å². The second kappa shape index (κ2) is 6.93. The summed E-state index contributed by atoms with van der Waals surface area (Å²) < 4.78 is 22.4. The largest absolute Gasteiger partial charge is 0.480 e. The van der Waals surface area contributed by atoms with Crippen LogP contribution in [0.25, 0.3) is 0 Å². The molecule has 3 N–H and O–H groups in total. The lowest BCUT2D eigenvalue weighted by atomic mass is 10.2. The number of benzene rings is 1. The number of anilines is 1. The number of hydrogen-bond acceptors (Lipinski definition) is 5. The number of carboxylic acids is 1. The third-order valence-corrected chi connectivity index (χ3v) is 3.23. The molecule has 6 nitrogen and oxygen atoms in total. The Balaban J connectivity index is 0.00000289. The molecule has 0 saturated carbocycles. The lowest BCUT2D eigenvalue weighted by molar-refractivity contribution is -0.138. The average Bonchev–Trinajstić information content (AvgIpc) is 2.25. The first-order valence-corrected chi connectivity index (χ1v) is 6.64. The number of aliphatic carboxylic acids is 1. The maximum atomic E-state index is 11.2. The van der Waals surface area contributed by atoms with E-state index >= 15 is 0 Å². The summed E-state index contributed by atoms with van der Waals surface area (Å²) in [7, 11) is -3.26. The molecule has 1 atom stereocenters. The van der Waals surface area contributed by atoms with Gasteiger partial charge in [0.15, 0.2) is 9.84 Å². The van der Waals surface area contributed by atoms with Gasteiger partial charge in [-0.3, -0.25) is 0 Å². The van der Waals surface area contributed by atoms with Gasteiger partial charge in [-0.1, -0.05) is 0 Å². The van der Waals surface area contributed by atoms with Crippen molar-refractivity contribution in [2.45, 2.75) is 10.9 Å². The standard InChI is InChI=1S/C10H13NO5S.Mg.2H/c1-17(15,16)8-4-2-7(3-5-8)11-9(6-12)10(13)14;;;/h2-5,9,11-12H,6H2,1H3,(H,13,14);;;/t9-;;;/m0.../s1. The van der Waals surface area contributed by atoms with Gasteiger partial charge in [-0.25, -0.2) is 13.2 Å². The summed E-state index contributed by atoms with van der Waals surface area (Å²) in [5.74, 6) is -1.18. The number of aliphatic hydroxyl groups excluding tert-OH is 1. The molecule has 0 aliphatic rings. The van der Waals surface area contributed by atoms with Crippen LogP contribution in [0, 0.1) is 0 Å². The number of hydrogen-bond donors (Lipinski definition) is 3. The molecule has 0 saturated heterocycles. The summed E-state index contributed by atoms with van der Waals surface area (Å²) in [5.41, 5.74) is 0.429. The van der Waals surface area contributed by atoms with E-state index in [4.69, 9.17) is 10.2 Å². The van der Waals surface area contributed by atoms with Crippen LogP contribution in [0.2, 0.25) is 0 Å². The number of sulfone groups is 1. The van der Waals surface area contributed by atoms with E-state index in [1.807, 2.05) is 0 Å². The van der Waals surface area contributed by atoms with E-state index in [-0.39, 0.29) is 27.9 Å². The molecule has 1 aromatic carbocycles. The monoisotopic (exact) mass is 285 g/mol. The molecular formula is C10H15MgNO5S. The zero-order chi connectivity index (χ0) is 13.1. The Morgan fingerprint density at radius 3 is 2.17 bits per heavy atom. The second-order valence-electron chi connectivity index (χ2n) is 3.51. The minimum absolute atomic E-state index is 0. The van der Waals surface area contributed by atoms with Gasteiger partial charge >= 0.3 is 29.0 Å². The summed E-state index contributed by atoms with van der Waals surface area (Å²) in [6, 6.07) is 4.52. The number of carbonyl (C=O) groups is 1. The normalized spacial score (nSPS) is 12.3. The smallest absolute Gasteiger partial charge is 0.328 e. The van der Waals surface area contributed by atoms with Gasteiger partial charge in [0.2, 0.25) is 0 Å². The highest BCUT2D eigenvalue weighted by atomic mass is 32.2. The molecule has 18 heavy (non-hydrogen) atoms. The lowest BCUT2D eigenvalue weighted by Gasteiger charge is -2.13. The molecule has 0 aliphatic heterocycles. The van der Waals surface area contributed by atoms with Gasteiger partial charge in [-0.15, -0.1) is 0 Å². The minimum Gasteiger partial charge on any atom is -0.480 e. The Labute approximate surface area is 121 Å². The summed E-state index contributed by atoms with van der Waals surface area (Å²) in [6.45, 7) is -0.552. The molecule has 1 rings (SSSR count). The van der Waals surface area contributed by atoms with Gasteiger partial charge in [-0.05, 0) is 24.3 Å². The molecule has 0 aliphatic carbocycles. The molecule has 0 heterocycles. The Hall–Kier alpha value is -0.834. The summed E-state index contributed by atoms with van der Waals surface area (Å²) in [5, 5.41) is 20.1. The minimum atomic E-state index is -3.26. The van der Waals surface area contributed by atoms with Crippen molar-refractivity contribution in [2.75, 3.05) is 18.2 Å². The predicted octanol–water partition coefficient (Wildman–Crippen LogP) is -0.969. The summed E-state index contributed by atoms with van der Waals surface area (Å²) in [6.07, 6.45) is 1.09. The fourth-order valence-electron chi connectivity index (χ4n) is 1.19. The Kier molecular flexibility index (Phi) is 6.61. The van der Waals surface area contributed by atoms with Crippen molar-refractivity contribution in [2.24, 2.45) is 0 Å². The van der Waals surface area contributed by atoms with Gasteiger partial charge in [0.25, 0.3) is 0 Å². The topological polar surface area (TPSA) is 104 Å². The fraction of sp³-hybridized carbons (Fsp3) is 0.300. The van der Waals surface area contributed by atoms with Crippen molar-refractivity contribution in [3.05, 3.63) is 24.3 Å². The van der Waals surface area contributed by atoms with Gasteiger partial charge in [-0.2, -0.15) is 0 Å². The van der Waals surface area contributed by atoms with E-state index in [2.05, 4.69) is 5.32 Å². The molecule has 0 spiro atoms. The molecule has 0 aromatic heterocycles. The third-order valence-electron chi connectivity index (χ3n) is 2.10. The zero-order valence-corrected chi connectivity index (χ0v) is 9.94. The van der Waals surface area contributed by atoms with E-state index < -0.39 is 28.5 Å². The summed E-state index contributed by atoms with van der Waals surface area (Å²) >= 11 is 0. The molecule has 0 fully saturated rings. The molecule has 8 heteroatoms. The van der Waals surface area contributed by atoms with E-state index in [1.54, 1.807) is 0 Å². The van der Waals surface area contributed by atoms with Gasteiger partial charge in [0.05, 0.1) is 11.5 Å². The highest BCUT2D eigenvalue weighted by Crippen LogP contribution is 2.14. The molecule has 98 valence electrons. The number of nitrogens with one attached hydrogen (secondary N) is 1. The van der Waals surface area contributed by atoms with Gasteiger partial charge < -0.3 is 15.5 Å². The van der Waals surface area contributed by atoms with Crippen LogP contribution in [0.5, 0.6) is 0 Å². The van der Waals surface area contributed by atoms with Crippen molar-refractivity contribution in [1.82, 2.24) is 0 Å². The average molecular weight is 286 g/mol. The Morgan fingerprint density at radius 2 is 1.83 bits per heavy atom. The molecule has 0 radical (unpaired) electrons. The first-order valence-electron chi connectivity index (χ1n) is 4.75. The van der Waals surface area contributed by atoms with E-state index in [1.165, 1.54) is 24.3 Å². The van der Waals surface area contributed by atoms with E-state index in [0.717, 1.165) is 6.26 Å². The second-order valence-corrected chi connectivity index (χ2v) is 5.53. The highest BCUT2D eigenvalue weighted by molar-refractivity contribution is 7.90. The highest BCUT2D eigenvalue weighted by Gasteiger charge is 2.15. The SMILES string of the molecule is CS(=O)(=O)c1ccc(N[C@@H](CO)C(=O)O)cc1.[MgH2]. The number of carboxylic acid groups (broad SMARTS) is 1. The first kappa shape index (κ1) is 17.2. The van der Waals surface area contributed by atoms with E-state index in [0.29, 0.717) is 5.69 Å². The Morgan fingerprint density at radius 1 is 1.33 bits per heavy atom. The lowest BCUT2D eigenvalue weighted by Crippen LogP contribution is -2.32. The molecule has 0 unspecified atom stereocenters. The Bertz CT molecular complexity index is 500. The van der Waals surface area contributed by atoms with Crippen LogP contribution in [0.1, 0.15) is 0 Å². The van der Waals surface area contributed by atoms with E-state index in [9.17, 15) is 13.2 Å². The van der Waals surface area contributed by atoms with Crippen LogP contribution in [0.15, 0.2) is 29.2 Å². The summed E-state index contributed by atoms with van der Waals surface area (Å²) in [4.78, 5) is 10.8. The third kappa shape index (κ3) is 4.81. The number of aliphatic hydroxyl groups is 1. The molecular weight excluding hydrogens is 270 g/mol. The van der Waals surface area contributed by atoms with Crippen molar-refractivity contribution in [3.63, 3.8) is 0 Å². The van der Waals surface area contributed by atoms with Crippen molar-refractivity contribution < 1.29 is 23.4 Å². The fourth-order valence-corrected chi connectivity index (χ4v) is 1.82. The number of rotatable bonds is 5. The van der Waals surface area contributed by atoms with Crippen LogP contribution in [-0.2, 0) is 14.6 Å². The first-order chi connectivity index (χ1) is 7.84. The van der Waals surface area contributed by atoms with Crippen LogP contribution in [0.3, 0.4) is 0 Å². The van der Waals surface area contributed by atoms with Crippen molar-refractivity contribution in [1.29, 1.82) is 0 Å². The zero-order valence-electron chi connectivity index (χ0n) is 9.12. The molecule has 1 aromatic rings. The molecule has 0 bridgehead atoms. The van der Waals surface area contributed by atoms with Crippen molar-refractivity contribution >= 4 is 44.5 Å². The van der Waals surface area contributed by atoms with Crippen LogP contribution < -0.4 is 5.32 Å². The van der Waals surface area contributed by atoms with Gasteiger partial charge in [0.1, 0.15) is 6.04 Å².